The Morgan fingerprint density at radius 2 is 1.82 bits per heavy atom. The van der Waals surface area contributed by atoms with E-state index in [0.29, 0.717) is 15.3 Å². The van der Waals surface area contributed by atoms with Crippen molar-refractivity contribution in [2.45, 2.75) is 29.1 Å². The molecule has 11 nitrogen and oxygen atoms in total. The van der Waals surface area contributed by atoms with Crippen LogP contribution in [0.5, 0.6) is 0 Å². The highest BCUT2D eigenvalue weighted by atomic mass is 35.5. The van der Waals surface area contributed by atoms with Crippen LogP contribution in [0.25, 0.3) is 0 Å². The maximum absolute atomic E-state index is 12.4. The van der Waals surface area contributed by atoms with Crippen molar-refractivity contribution >= 4 is 75.4 Å². The van der Waals surface area contributed by atoms with Gasteiger partial charge in [0.2, 0.25) is 16.2 Å². The first kappa shape index (κ1) is 28.7. The van der Waals surface area contributed by atoms with Crippen LogP contribution >= 0.6 is 46.5 Å². The first-order valence-corrected chi connectivity index (χ1v) is 15.1. The molecular weight excluding hydrogens is 576 g/mol. The minimum Gasteiger partial charge on any atom is -0.372 e. The molecule has 4 N–H and O–H groups in total. The van der Waals surface area contributed by atoms with Crippen molar-refractivity contribution in [2.24, 2.45) is 5.10 Å². The summed E-state index contributed by atoms with van der Waals surface area (Å²) in [5.41, 5.74) is 5.99. The van der Waals surface area contributed by atoms with E-state index >= 15 is 0 Å². The van der Waals surface area contributed by atoms with Crippen molar-refractivity contribution in [3.63, 3.8) is 0 Å². The van der Waals surface area contributed by atoms with E-state index in [4.69, 9.17) is 17.4 Å². The van der Waals surface area contributed by atoms with E-state index in [-0.39, 0.29) is 17.6 Å². The van der Waals surface area contributed by atoms with Gasteiger partial charge in [-0.3, -0.25) is 10.1 Å². The molecule has 0 unspecified atom stereocenters. The fourth-order valence-electron chi connectivity index (χ4n) is 3.31. The number of rotatable bonds is 13. The molecule has 0 aliphatic rings. The highest BCUT2D eigenvalue weighted by Gasteiger charge is 2.14. The molecule has 0 spiro atoms. The van der Waals surface area contributed by atoms with Crippen molar-refractivity contribution in [3.8, 4) is 0 Å². The molecule has 2 aromatic heterocycles. The molecule has 0 aliphatic heterocycles. The van der Waals surface area contributed by atoms with Crippen LogP contribution in [0.15, 0.2) is 63.1 Å². The molecule has 15 heteroatoms. The summed E-state index contributed by atoms with van der Waals surface area (Å²) in [7, 11) is 0. The van der Waals surface area contributed by atoms with Gasteiger partial charge >= 0.3 is 0 Å². The van der Waals surface area contributed by atoms with Gasteiger partial charge in [0.05, 0.1) is 12.0 Å². The van der Waals surface area contributed by atoms with Crippen molar-refractivity contribution in [1.82, 2.24) is 25.1 Å². The van der Waals surface area contributed by atoms with E-state index in [1.54, 1.807) is 6.21 Å². The Morgan fingerprint density at radius 1 is 1.08 bits per heavy atom. The fourth-order valence-corrected chi connectivity index (χ4v) is 5.81. The predicted molar refractivity (Wildman–Crippen MR) is 162 cm³/mol. The maximum Gasteiger partial charge on any atom is 0.264 e. The lowest BCUT2D eigenvalue weighted by Gasteiger charge is -2.20. The van der Waals surface area contributed by atoms with Gasteiger partial charge in [-0.1, -0.05) is 70.7 Å². The van der Waals surface area contributed by atoms with Crippen LogP contribution in [-0.2, 0) is 10.5 Å². The number of hydrogen-bond acceptors (Lipinski definition) is 12. The molecule has 1 amide bonds. The number of hydrogen-bond donors (Lipinski definition) is 3. The summed E-state index contributed by atoms with van der Waals surface area (Å²) in [6.45, 7) is 6.16. The smallest absolute Gasteiger partial charge is 0.264 e. The van der Waals surface area contributed by atoms with E-state index in [9.17, 15) is 4.79 Å². The zero-order valence-electron chi connectivity index (χ0n) is 21.2. The van der Waals surface area contributed by atoms with E-state index in [1.165, 1.54) is 27.8 Å². The van der Waals surface area contributed by atoms with E-state index in [2.05, 4.69) is 67.1 Å². The molecule has 0 bridgehead atoms. The molecule has 0 atom stereocenters. The second-order valence-electron chi connectivity index (χ2n) is 7.94. The summed E-state index contributed by atoms with van der Waals surface area (Å²) in [6, 6.07) is 15.7. The van der Waals surface area contributed by atoms with E-state index in [1.807, 2.05) is 36.4 Å². The number of amides is 1. The monoisotopic (exact) mass is 602 g/mol. The van der Waals surface area contributed by atoms with Gasteiger partial charge in [0.25, 0.3) is 5.95 Å². The van der Waals surface area contributed by atoms with Gasteiger partial charge in [0.15, 0.2) is 4.34 Å². The molecule has 0 fully saturated rings. The lowest BCUT2D eigenvalue weighted by molar-refractivity contribution is -0.113. The van der Waals surface area contributed by atoms with Crippen molar-refractivity contribution in [1.29, 1.82) is 0 Å². The highest BCUT2D eigenvalue weighted by molar-refractivity contribution is 8.00. The third-order valence-corrected chi connectivity index (χ3v) is 8.56. The van der Waals surface area contributed by atoms with Crippen LogP contribution in [0, 0.1) is 0 Å². The second-order valence-corrected chi connectivity index (χ2v) is 11.5. The Morgan fingerprint density at radius 3 is 2.54 bits per heavy atom. The number of carbonyl (C=O) groups is 1. The molecule has 204 valence electrons. The largest absolute Gasteiger partial charge is 0.372 e. The maximum atomic E-state index is 12.4. The third kappa shape index (κ3) is 8.33. The number of hydrazone groups is 1. The van der Waals surface area contributed by atoms with Gasteiger partial charge in [-0.2, -0.15) is 5.10 Å². The van der Waals surface area contributed by atoms with Crippen LogP contribution in [-0.4, -0.2) is 56.0 Å². The Hall–Kier alpha value is -3.33. The van der Waals surface area contributed by atoms with Gasteiger partial charge in [-0.05, 0) is 49.2 Å². The Balaban J connectivity index is 1.22. The minimum absolute atomic E-state index is 0.0737. The summed E-state index contributed by atoms with van der Waals surface area (Å²) < 4.78 is 2.00. The number of nitrogens with zero attached hydrogens (tertiary/aromatic N) is 7. The molecule has 4 aromatic rings. The quantitative estimate of drug-likeness (QED) is 0.0642. The summed E-state index contributed by atoms with van der Waals surface area (Å²) >= 11 is 9.91. The van der Waals surface area contributed by atoms with Crippen molar-refractivity contribution < 1.29 is 4.79 Å². The molecule has 0 saturated heterocycles. The van der Waals surface area contributed by atoms with Gasteiger partial charge in [0.1, 0.15) is 0 Å². The molecule has 2 aromatic carbocycles. The Bertz CT molecular complexity index is 1390. The predicted octanol–water partition coefficient (Wildman–Crippen LogP) is 4.81. The summed E-state index contributed by atoms with van der Waals surface area (Å²) in [4.78, 5) is 14.7. The lowest BCUT2D eigenvalue weighted by Crippen LogP contribution is -2.21. The molecule has 4 rings (SSSR count). The topological polar surface area (TPSA) is 139 Å². The normalized spacial score (nSPS) is 11.2. The average molecular weight is 603 g/mol. The number of carbonyl (C=O) groups excluding carboxylic acids is 1. The van der Waals surface area contributed by atoms with E-state index in [0.717, 1.165) is 51.8 Å². The molecule has 0 radical (unpaired) electrons. The highest BCUT2D eigenvalue weighted by Crippen LogP contribution is 2.29. The SMILES string of the molecule is CCN(CC)c1ccc(/C=N/Nc2nnc(SCC(=O)Nc3nnc(SCc4ccc(Cl)cc4)s3)n2N)cc1. The van der Waals surface area contributed by atoms with Gasteiger partial charge in [-0.15, -0.1) is 20.4 Å². The lowest BCUT2D eigenvalue weighted by atomic mass is 10.2. The van der Waals surface area contributed by atoms with Crippen LogP contribution in [0.2, 0.25) is 5.02 Å². The minimum atomic E-state index is -0.255. The number of nitrogens with two attached hydrogens (primary N) is 1. The Labute approximate surface area is 243 Å². The second kappa shape index (κ2) is 14.2. The van der Waals surface area contributed by atoms with Crippen LogP contribution in [0.3, 0.4) is 0 Å². The van der Waals surface area contributed by atoms with Gasteiger partial charge < -0.3 is 10.7 Å². The molecule has 0 aliphatic carbocycles. The zero-order chi connectivity index (χ0) is 27.6. The summed E-state index contributed by atoms with van der Waals surface area (Å²) in [6.07, 6.45) is 1.67. The van der Waals surface area contributed by atoms with Crippen molar-refractivity contribution in [2.75, 3.05) is 40.3 Å². The van der Waals surface area contributed by atoms with Crippen molar-refractivity contribution in [3.05, 3.63) is 64.7 Å². The fraction of sp³-hybridized carbons (Fsp3) is 0.250. The van der Waals surface area contributed by atoms with Gasteiger partial charge in [-0.25, -0.2) is 10.1 Å². The first-order chi connectivity index (χ1) is 18.9. The number of nitrogen functional groups attached to an aromatic ring is 1. The zero-order valence-corrected chi connectivity index (χ0v) is 24.4. The van der Waals surface area contributed by atoms with E-state index < -0.39 is 0 Å². The average Bonchev–Trinajstić information content (AvgIpc) is 3.54. The number of nitrogens with one attached hydrogen (secondary N) is 2. The molecular formula is C24H27ClN10OS3. The molecule has 2 heterocycles. The number of benzene rings is 2. The standard InChI is InChI=1S/C24H27ClN10OS3/c1-3-34(4-2)19-11-7-16(8-12-19)13-27-29-21-30-32-23(35(21)26)37-15-20(36)28-22-31-33-24(39-22)38-14-17-5-9-18(25)10-6-17/h5-13H,3-4,14-15,26H2,1-2H3,(H,29,30)(H,28,31,36)/b27-13+. The van der Waals surface area contributed by atoms with Crippen LogP contribution < -0.4 is 21.5 Å². The van der Waals surface area contributed by atoms with Gasteiger partial charge in [0, 0.05) is 29.6 Å². The van der Waals surface area contributed by atoms with Crippen LogP contribution in [0.4, 0.5) is 16.8 Å². The molecule has 0 saturated carbocycles. The third-order valence-electron chi connectivity index (χ3n) is 5.33. The first-order valence-electron chi connectivity index (χ1n) is 11.9. The number of thioether (sulfide) groups is 2. The summed E-state index contributed by atoms with van der Waals surface area (Å²) in [5.74, 6) is 6.86. The Kier molecular flexibility index (Phi) is 10.4. The number of halogens is 1. The number of anilines is 3. The summed E-state index contributed by atoms with van der Waals surface area (Å²) in [5, 5.41) is 24.6. The van der Waals surface area contributed by atoms with Crippen LogP contribution in [0.1, 0.15) is 25.0 Å². The number of aromatic nitrogens is 5. The molecule has 39 heavy (non-hydrogen) atoms.